The molecule has 3 rings (SSSR count). The Labute approximate surface area is 103 Å². The van der Waals surface area contributed by atoms with Crippen molar-refractivity contribution in [3.05, 3.63) is 35.8 Å². The summed E-state index contributed by atoms with van der Waals surface area (Å²) in [5.74, 6) is -0.263. The summed E-state index contributed by atoms with van der Waals surface area (Å²) < 4.78 is 23.7. The molecule has 1 amide bonds. The molecule has 0 atom stereocenters. The standard InChI is InChI=1S/C13H12FNO3/c14-10-1-2-11-9(7-10)8-12(18-11)13(16)15-3-5-17-6-4-15/h1-2,7-8H,3-6H2. The van der Waals surface area contributed by atoms with Crippen LogP contribution in [0.3, 0.4) is 0 Å². The van der Waals surface area contributed by atoms with Gasteiger partial charge in [-0.3, -0.25) is 4.79 Å². The summed E-state index contributed by atoms with van der Waals surface area (Å²) in [6.07, 6.45) is 0. The smallest absolute Gasteiger partial charge is 0.289 e. The third kappa shape index (κ3) is 1.97. The van der Waals surface area contributed by atoms with Crippen LogP contribution >= 0.6 is 0 Å². The number of furan rings is 1. The third-order valence-corrected chi connectivity index (χ3v) is 2.99. The van der Waals surface area contributed by atoms with Crippen molar-refractivity contribution in [3.8, 4) is 0 Å². The molecule has 1 aromatic carbocycles. The number of carbonyl (C=O) groups excluding carboxylic acids is 1. The second kappa shape index (κ2) is 4.42. The van der Waals surface area contributed by atoms with E-state index in [-0.39, 0.29) is 17.5 Å². The zero-order valence-corrected chi connectivity index (χ0v) is 9.69. The lowest BCUT2D eigenvalue weighted by Gasteiger charge is -2.25. The molecule has 0 spiro atoms. The van der Waals surface area contributed by atoms with Gasteiger partial charge in [0.1, 0.15) is 11.4 Å². The Morgan fingerprint density at radius 2 is 2.00 bits per heavy atom. The van der Waals surface area contributed by atoms with Crippen LogP contribution in [0.5, 0.6) is 0 Å². The van der Waals surface area contributed by atoms with E-state index in [0.29, 0.717) is 37.3 Å². The maximum absolute atomic E-state index is 13.0. The number of ether oxygens (including phenoxy) is 1. The number of amides is 1. The first kappa shape index (κ1) is 11.2. The van der Waals surface area contributed by atoms with Crippen LogP contribution in [0.15, 0.2) is 28.7 Å². The maximum atomic E-state index is 13.0. The fourth-order valence-corrected chi connectivity index (χ4v) is 2.04. The first-order valence-corrected chi connectivity index (χ1v) is 5.80. The Kier molecular flexibility index (Phi) is 2.76. The summed E-state index contributed by atoms with van der Waals surface area (Å²) in [4.78, 5) is 13.8. The summed E-state index contributed by atoms with van der Waals surface area (Å²) in [6.45, 7) is 2.20. The predicted octanol–water partition coefficient (Wildman–Crippen LogP) is 2.04. The van der Waals surface area contributed by atoms with Crippen molar-refractivity contribution in [3.63, 3.8) is 0 Å². The fraction of sp³-hybridized carbons (Fsp3) is 0.308. The number of nitrogens with zero attached hydrogens (tertiary/aromatic N) is 1. The normalized spacial score (nSPS) is 16.2. The minimum absolute atomic E-state index is 0.171. The van der Waals surface area contributed by atoms with E-state index in [9.17, 15) is 9.18 Å². The van der Waals surface area contributed by atoms with E-state index in [1.54, 1.807) is 11.0 Å². The molecule has 0 radical (unpaired) electrons. The van der Waals surface area contributed by atoms with Crippen LogP contribution in [0, 0.1) is 5.82 Å². The molecule has 0 aliphatic carbocycles. The molecule has 4 nitrogen and oxygen atoms in total. The van der Waals surface area contributed by atoms with Crippen LogP contribution in [-0.4, -0.2) is 37.1 Å². The average Bonchev–Trinajstić information content (AvgIpc) is 2.81. The molecule has 0 bridgehead atoms. The maximum Gasteiger partial charge on any atom is 0.289 e. The molecular formula is C13H12FNO3. The van der Waals surface area contributed by atoms with Crippen molar-refractivity contribution < 1.29 is 18.3 Å². The second-order valence-electron chi connectivity index (χ2n) is 4.20. The van der Waals surface area contributed by atoms with E-state index in [1.165, 1.54) is 18.2 Å². The largest absolute Gasteiger partial charge is 0.451 e. The number of fused-ring (bicyclic) bond motifs is 1. The Morgan fingerprint density at radius 3 is 2.78 bits per heavy atom. The number of benzene rings is 1. The Balaban J connectivity index is 1.91. The highest BCUT2D eigenvalue weighted by molar-refractivity contribution is 5.96. The minimum atomic E-state index is -0.339. The van der Waals surface area contributed by atoms with E-state index in [1.807, 2.05) is 0 Å². The zero-order chi connectivity index (χ0) is 12.5. The van der Waals surface area contributed by atoms with Gasteiger partial charge in [0.2, 0.25) is 0 Å². The van der Waals surface area contributed by atoms with Crippen LogP contribution in [0.1, 0.15) is 10.6 Å². The highest BCUT2D eigenvalue weighted by Gasteiger charge is 2.21. The van der Waals surface area contributed by atoms with Gasteiger partial charge in [0, 0.05) is 18.5 Å². The summed E-state index contributed by atoms with van der Waals surface area (Å²) in [6, 6.07) is 5.78. The van der Waals surface area contributed by atoms with Crippen LogP contribution in [0.4, 0.5) is 4.39 Å². The monoisotopic (exact) mass is 249 g/mol. The Hall–Kier alpha value is -1.88. The van der Waals surface area contributed by atoms with Crippen LogP contribution in [-0.2, 0) is 4.74 Å². The highest BCUT2D eigenvalue weighted by Crippen LogP contribution is 2.21. The quantitative estimate of drug-likeness (QED) is 0.776. The first-order chi connectivity index (χ1) is 8.74. The zero-order valence-electron chi connectivity index (χ0n) is 9.69. The van der Waals surface area contributed by atoms with Crippen molar-refractivity contribution in [1.29, 1.82) is 0 Å². The van der Waals surface area contributed by atoms with Gasteiger partial charge in [0.05, 0.1) is 13.2 Å². The van der Waals surface area contributed by atoms with Gasteiger partial charge in [-0.05, 0) is 24.3 Å². The molecule has 0 unspecified atom stereocenters. The SMILES string of the molecule is O=C(c1cc2cc(F)ccc2o1)N1CCOCC1. The van der Waals surface area contributed by atoms with Crippen LogP contribution in [0.2, 0.25) is 0 Å². The summed E-state index contributed by atoms with van der Waals surface area (Å²) in [7, 11) is 0. The van der Waals surface area contributed by atoms with Crippen molar-refractivity contribution in [2.75, 3.05) is 26.3 Å². The van der Waals surface area contributed by atoms with Crippen molar-refractivity contribution in [2.24, 2.45) is 0 Å². The van der Waals surface area contributed by atoms with Crippen molar-refractivity contribution in [2.45, 2.75) is 0 Å². The molecule has 1 aromatic heterocycles. The molecule has 0 saturated carbocycles. The molecular weight excluding hydrogens is 237 g/mol. The Morgan fingerprint density at radius 1 is 1.22 bits per heavy atom. The number of hydrogen-bond donors (Lipinski definition) is 0. The van der Waals surface area contributed by atoms with E-state index in [0.717, 1.165) is 0 Å². The third-order valence-electron chi connectivity index (χ3n) is 2.99. The highest BCUT2D eigenvalue weighted by atomic mass is 19.1. The van der Waals surface area contributed by atoms with E-state index < -0.39 is 0 Å². The first-order valence-electron chi connectivity index (χ1n) is 5.80. The van der Waals surface area contributed by atoms with E-state index in [2.05, 4.69) is 0 Å². The van der Waals surface area contributed by atoms with Gasteiger partial charge in [0.25, 0.3) is 5.91 Å². The predicted molar refractivity (Wildman–Crippen MR) is 62.9 cm³/mol. The van der Waals surface area contributed by atoms with Crippen molar-refractivity contribution in [1.82, 2.24) is 4.90 Å². The van der Waals surface area contributed by atoms with Crippen molar-refractivity contribution >= 4 is 16.9 Å². The topological polar surface area (TPSA) is 42.7 Å². The van der Waals surface area contributed by atoms with E-state index >= 15 is 0 Å². The lowest BCUT2D eigenvalue weighted by atomic mass is 10.2. The molecule has 2 heterocycles. The second-order valence-corrected chi connectivity index (χ2v) is 4.20. The van der Waals surface area contributed by atoms with Gasteiger partial charge in [-0.15, -0.1) is 0 Å². The Bertz CT molecular complexity index is 587. The molecule has 1 aliphatic heterocycles. The number of halogens is 1. The summed E-state index contributed by atoms with van der Waals surface area (Å²) in [5.41, 5.74) is 0.521. The lowest BCUT2D eigenvalue weighted by molar-refractivity contribution is 0.0284. The van der Waals surface area contributed by atoms with Gasteiger partial charge in [-0.2, -0.15) is 0 Å². The van der Waals surface area contributed by atoms with Gasteiger partial charge >= 0.3 is 0 Å². The number of carbonyl (C=O) groups is 1. The minimum Gasteiger partial charge on any atom is -0.451 e. The molecule has 1 fully saturated rings. The molecule has 94 valence electrons. The molecule has 18 heavy (non-hydrogen) atoms. The summed E-state index contributed by atoms with van der Waals surface area (Å²) in [5, 5.41) is 0.603. The number of rotatable bonds is 1. The van der Waals surface area contributed by atoms with Crippen LogP contribution < -0.4 is 0 Å². The fourth-order valence-electron chi connectivity index (χ4n) is 2.04. The van der Waals surface area contributed by atoms with E-state index in [4.69, 9.17) is 9.15 Å². The van der Waals surface area contributed by atoms with Gasteiger partial charge in [-0.1, -0.05) is 0 Å². The molecule has 2 aromatic rings. The van der Waals surface area contributed by atoms with Gasteiger partial charge < -0.3 is 14.1 Å². The van der Waals surface area contributed by atoms with Crippen LogP contribution in [0.25, 0.3) is 11.0 Å². The lowest BCUT2D eigenvalue weighted by Crippen LogP contribution is -2.40. The van der Waals surface area contributed by atoms with Gasteiger partial charge in [-0.25, -0.2) is 4.39 Å². The molecule has 1 aliphatic rings. The average molecular weight is 249 g/mol. The van der Waals surface area contributed by atoms with Gasteiger partial charge in [0.15, 0.2) is 5.76 Å². The molecule has 0 N–H and O–H groups in total. The summed E-state index contributed by atoms with van der Waals surface area (Å²) >= 11 is 0. The number of hydrogen-bond acceptors (Lipinski definition) is 3. The number of morpholine rings is 1. The molecule has 1 saturated heterocycles. The molecule has 5 heteroatoms.